The Labute approximate surface area is 165 Å². The quantitative estimate of drug-likeness (QED) is 0.737. The number of ether oxygens (including phenoxy) is 1. The number of esters is 1. The average molecular weight is 405 g/mol. The molecule has 2 aromatic carbocycles. The molecule has 1 aliphatic heterocycles. The van der Waals surface area contributed by atoms with Crippen LogP contribution in [0.3, 0.4) is 0 Å². The van der Waals surface area contributed by atoms with Gasteiger partial charge in [-0.2, -0.15) is 0 Å². The molecule has 8 heteroatoms. The number of halogens is 1. The van der Waals surface area contributed by atoms with Gasteiger partial charge in [0, 0.05) is 22.0 Å². The van der Waals surface area contributed by atoms with Crippen LogP contribution < -0.4 is 10.6 Å². The summed E-state index contributed by atoms with van der Waals surface area (Å²) < 4.78 is 4.95. The summed E-state index contributed by atoms with van der Waals surface area (Å²) in [7, 11) is 0. The molecule has 1 atom stereocenters. The molecule has 140 valence electrons. The maximum absolute atomic E-state index is 12.4. The van der Waals surface area contributed by atoms with Gasteiger partial charge >= 0.3 is 5.97 Å². The van der Waals surface area contributed by atoms with Gasteiger partial charge in [-0.05, 0) is 43.3 Å². The van der Waals surface area contributed by atoms with Crippen molar-refractivity contribution in [1.82, 2.24) is 0 Å². The second-order valence-electron chi connectivity index (χ2n) is 5.79. The minimum absolute atomic E-state index is 0.00218. The van der Waals surface area contributed by atoms with Crippen LogP contribution >= 0.6 is 23.4 Å². The number of hydrogen-bond donors (Lipinski definition) is 2. The Morgan fingerprint density at radius 3 is 2.85 bits per heavy atom. The summed E-state index contributed by atoms with van der Waals surface area (Å²) in [6, 6.07) is 11.7. The van der Waals surface area contributed by atoms with E-state index in [-0.39, 0.29) is 24.8 Å². The maximum Gasteiger partial charge on any atom is 0.338 e. The SMILES string of the molecule is CCOC(=O)c1cccc(NC(=O)CC2Sc3ccc(Cl)cc3NC2=O)c1. The molecule has 1 unspecified atom stereocenters. The number of anilines is 2. The van der Waals surface area contributed by atoms with Gasteiger partial charge in [0.05, 0.1) is 23.1 Å². The minimum Gasteiger partial charge on any atom is -0.462 e. The van der Waals surface area contributed by atoms with Gasteiger partial charge < -0.3 is 15.4 Å². The van der Waals surface area contributed by atoms with Gasteiger partial charge in [-0.25, -0.2) is 4.79 Å². The molecule has 0 spiro atoms. The molecule has 6 nitrogen and oxygen atoms in total. The zero-order chi connectivity index (χ0) is 19.4. The van der Waals surface area contributed by atoms with Gasteiger partial charge in [0.1, 0.15) is 0 Å². The fraction of sp³-hybridized carbons (Fsp3) is 0.211. The fourth-order valence-electron chi connectivity index (χ4n) is 2.58. The number of benzene rings is 2. The summed E-state index contributed by atoms with van der Waals surface area (Å²) in [5.41, 5.74) is 1.47. The van der Waals surface area contributed by atoms with Gasteiger partial charge in [0.2, 0.25) is 11.8 Å². The summed E-state index contributed by atoms with van der Waals surface area (Å²) in [6.07, 6.45) is 0.00218. The Hall–Kier alpha value is -2.51. The van der Waals surface area contributed by atoms with Crippen molar-refractivity contribution < 1.29 is 19.1 Å². The summed E-state index contributed by atoms with van der Waals surface area (Å²) in [5.74, 6) is -1.02. The third kappa shape index (κ3) is 4.81. The lowest BCUT2D eigenvalue weighted by Crippen LogP contribution is -2.32. The topological polar surface area (TPSA) is 84.5 Å². The Kier molecular flexibility index (Phi) is 6.03. The first-order valence-electron chi connectivity index (χ1n) is 8.30. The number of rotatable bonds is 5. The highest BCUT2D eigenvalue weighted by atomic mass is 35.5. The minimum atomic E-state index is -0.549. The summed E-state index contributed by atoms with van der Waals surface area (Å²) in [6.45, 7) is 2.00. The van der Waals surface area contributed by atoms with E-state index in [9.17, 15) is 14.4 Å². The monoisotopic (exact) mass is 404 g/mol. The van der Waals surface area contributed by atoms with Crippen molar-refractivity contribution in [3.8, 4) is 0 Å². The van der Waals surface area contributed by atoms with E-state index < -0.39 is 11.2 Å². The van der Waals surface area contributed by atoms with Crippen LogP contribution in [0.2, 0.25) is 5.02 Å². The highest BCUT2D eigenvalue weighted by Gasteiger charge is 2.29. The number of hydrogen-bond acceptors (Lipinski definition) is 5. The molecule has 0 bridgehead atoms. The lowest BCUT2D eigenvalue weighted by atomic mass is 10.2. The van der Waals surface area contributed by atoms with Crippen LogP contribution in [0.25, 0.3) is 0 Å². The molecule has 27 heavy (non-hydrogen) atoms. The highest BCUT2D eigenvalue weighted by Crippen LogP contribution is 2.38. The number of fused-ring (bicyclic) bond motifs is 1. The molecule has 3 rings (SSSR count). The molecule has 0 aromatic heterocycles. The number of nitrogens with one attached hydrogen (secondary N) is 2. The van der Waals surface area contributed by atoms with Crippen LogP contribution in [-0.2, 0) is 14.3 Å². The molecule has 2 aromatic rings. The van der Waals surface area contributed by atoms with Gasteiger partial charge in [-0.15, -0.1) is 11.8 Å². The van der Waals surface area contributed by atoms with E-state index in [2.05, 4.69) is 10.6 Å². The van der Waals surface area contributed by atoms with Gasteiger partial charge in [-0.3, -0.25) is 9.59 Å². The van der Waals surface area contributed by atoms with Gasteiger partial charge in [0.15, 0.2) is 0 Å². The number of carbonyl (C=O) groups is 3. The van der Waals surface area contributed by atoms with Crippen molar-refractivity contribution >= 4 is 52.5 Å². The van der Waals surface area contributed by atoms with E-state index in [0.29, 0.717) is 22.0 Å². The van der Waals surface area contributed by atoms with E-state index in [1.54, 1.807) is 43.3 Å². The zero-order valence-electron chi connectivity index (χ0n) is 14.5. The Morgan fingerprint density at radius 1 is 1.26 bits per heavy atom. The Morgan fingerprint density at radius 2 is 2.07 bits per heavy atom. The summed E-state index contributed by atoms with van der Waals surface area (Å²) in [5, 5.41) is 5.48. The second kappa shape index (κ2) is 8.45. The molecule has 2 N–H and O–H groups in total. The molecule has 0 saturated carbocycles. The second-order valence-corrected chi connectivity index (χ2v) is 7.47. The van der Waals surface area contributed by atoms with Gasteiger partial charge in [0.25, 0.3) is 0 Å². The van der Waals surface area contributed by atoms with Crippen molar-refractivity contribution in [3.63, 3.8) is 0 Å². The molecule has 2 amide bonds. The van der Waals surface area contributed by atoms with Gasteiger partial charge in [-0.1, -0.05) is 17.7 Å². The van der Waals surface area contributed by atoms with Crippen LogP contribution in [0, 0.1) is 0 Å². The zero-order valence-corrected chi connectivity index (χ0v) is 16.0. The van der Waals surface area contributed by atoms with Crippen molar-refractivity contribution in [1.29, 1.82) is 0 Å². The first kappa shape index (κ1) is 19.3. The lowest BCUT2D eigenvalue weighted by Gasteiger charge is -2.23. The van der Waals surface area contributed by atoms with Crippen molar-refractivity contribution in [3.05, 3.63) is 53.1 Å². The van der Waals surface area contributed by atoms with E-state index >= 15 is 0 Å². The van der Waals surface area contributed by atoms with Crippen molar-refractivity contribution in [2.24, 2.45) is 0 Å². The smallest absolute Gasteiger partial charge is 0.338 e. The first-order chi connectivity index (χ1) is 13.0. The van der Waals surface area contributed by atoms with Crippen molar-refractivity contribution in [2.75, 3.05) is 17.2 Å². The summed E-state index contributed by atoms with van der Waals surface area (Å²) >= 11 is 7.25. The van der Waals surface area contributed by atoms with Crippen LogP contribution in [-0.4, -0.2) is 29.6 Å². The third-order valence-electron chi connectivity index (χ3n) is 3.79. The van der Waals surface area contributed by atoms with Crippen LogP contribution in [0.5, 0.6) is 0 Å². The largest absolute Gasteiger partial charge is 0.462 e. The van der Waals surface area contributed by atoms with E-state index in [1.165, 1.54) is 11.8 Å². The number of carbonyl (C=O) groups excluding carboxylic acids is 3. The van der Waals surface area contributed by atoms with E-state index in [4.69, 9.17) is 16.3 Å². The molecule has 0 saturated heterocycles. The molecule has 0 aliphatic carbocycles. The van der Waals surface area contributed by atoms with E-state index in [0.717, 1.165) is 4.90 Å². The highest BCUT2D eigenvalue weighted by molar-refractivity contribution is 8.01. The van der Waals surface area contributed by atoms with E-state index in [1.807, 2.05) is 6.07 Å². The molecule has 1 aliphatic rings. The first-order valence-corrected chi connectivity index (χ1v) is 9.56. The lowest BCUT2D eigenvalue weighted by molar-refractivity contribution is -0.120. The predicted molar refractivity (Wildman–Crippen MR) is 105 cm³/mol. The van der Waals surface area contributed by atoms with Crippen LogP contribution in [0.4, 0.5) is 11.4 Å². The number of amides is 2. The average Bonchev–Trinajstić information content (AvgIpc) is 2.63. The molecular weight excluding hydrogens is 388 g/mol. The molecular formula is C19H17ClN2O4S. The Balaban J connectivity index is 1.64. The number of thioether (sulfide) groups is 1. The standard InChI is InChI=1S/C19H17ClN2O4S/c1-2-26-19(25)11-4-3-5-13(8-11)21-17(23)10-16-18(24)22-14-9-12(20)6-7-15(14)27-16/h3-9,16H,2,10H2,1H3,(H,21,23)(H,22,24). The third-order valence-corrected chi connectivity index (χ3v) is 5.30. The maximum atomic E-state index is 12.4. The molecule has 0 radical (unpaired) electrons. The predicted octanol–water partition coefficient (Wildman–Crippen LogP) is 3.96. The molecule has 1 heterocycles. The van der Waals surface area contributed by atoms with Crippen molar-refractivity contribution in [2.45, 2.75) is 23.5 Å². The fourth-order valence-corrected chi connectivity index (χ4v) is 3.84. The Bertz CT molecular complexity index is 903. The van der Waals surface area contributed by atoms with Crippen LogP contribution in [0.15, 0.2) is 47.4 Å². The normalized spacial score (nSPS) is 15.5. The van der Waals surface area contributed by atoms with Crippen LogP contribution in [0.1, 0.15) is 23.7 Å². The summed E-state index contributed by atoms with van der Waals surface area (Å²) in [4.78, 5) is 37.3. The molecule has 0 fully saturated rings.